The number of allylic oxidation sites excluding steroid dienone is 4. The van der Waals surface area contributed by atoms with Gasteiger partial charge >= 0.3 is 0 Å². The van der Waals surface area contributed by atoms with E-state index in [4.69, 9.17) is 0 Å². The van der Waals surface area contributed by atoms with Crippen molar-refractivity contribution in [3.8, 4) is 0 Å². The van der Waals surface area contributed by atoms with Crippen LogP contribution in [0.2, 0.25) is 0 Å². The fraction of sp³-hybridized carbons (Fsp3) is 0.750. The van der Waals surface area contributed by atoms with Crippen molar-refractivity contribution in [1.82, 2.24) is 0 Å². The van der Waals surface area contributed by atoms with Crippen LogP contribution >= 0.6 is 11.8 Å². The summed E-state index contributed by atoms with van der Waals surface area (Å²) in [5, 5.41) is 0. The van der Waals surface area contributed by atoms with Crippen molar-refractivity contribution in [2.24, 2.45) is 0 Å². The molecule has 0 aliphatic carbocycles. The number of thioether (sulfide) groups is 1. The van der Waals surface area contributed by atoms with Gasteiger partial charge in [0.25, 0.3) is 0 Å². The first-order chi connectivity index (χ1) is 9.52. The minimum absolute atomic E-state index is 0.314. The van der Waals surface area contributed by atoms with Crippen LogP contribution in [0.3, 0.4) is 0 Å². The number of rotatable bonds is 12. The van der Waals surface area contributed by atoms with Gasteiger partial charge in [-0.25, -0.2) is 8.42 Å². The maximum absolute atomic E-state index is 11.4. The third-order valence-electron chi connectivity index (χ3n) is 3.18. The molecule has 20 heavy (non-hydrogen) atoms. The average molecular weight is 319 g/mol. The third-order valence-corrected chi connectivity index (χ3v) is 6.67. The van der Waals surface area contributed by atoms with E-state index in [0.29, 0.717) is 6.42 Å². The lowest BCUT2D eigenvalue weighted by Gasteiger charge is -2.08. The smallest absolute Gasteiger partial charge is 0.159 e. The van der Waals surface area contributed by atoms with Gasteiger partial charge in [0.05, 0.1) is 0 Å². The van der Waals surface area contributed by atoms with Gasteiger partial charge < -0.3 is 0 Å². The lowest BCUT2D eigenvalue weighted by atomic mass is 10.1. The lowest BCUT2D eigenvalue weighted by Crippen LogP contribution is -2.14. The molecular formula is C16H30O2S2. The highest BCUT2D eigenvalue weighted by molar-refractivity contribution is 8.12. The van der Waals surface area contributed by atoms with Crippen molar-refractivity contribution in [3.05, 3.63) is 24.3 Å². The molecule has 118 valence electrons. The highest BCUT2D eigenvalue weighted by Gasteiger charge is 2.16. The Hall–Kier alpha value is -0.220. The van der Waals surface area contributed by atoms with E-state index in [1.54, 1.807) is 0 Å². The Morgan fingerprint density at radius 2 is 1.60 bits per heavy atom. The number of unbranched alkanes of at least 4 members (excludes halogenated alkanes) is 6. The number of hydrogen-bond acceptors (Lipinski definition) is 3. The van der Waals surface area contributed by atoms with Gasteiger partial charge in [0.15, 0.2) is 9.84 Å². The highest BCUT2D eigenvalue weighted by atomic mass is 32.3. The van der Waals surface area contributed by atoms with Crippen LogP contribution in [0.4, 0.5) is 0 Å². The summed E-state index contributed by atoms with van der Waals surface area (Å²) in [5.74, 6) is 0. The molecule has 0 heterocycles. The van der Waals surface area contributed by atoms with Gasteiger partial charge in [0.1, 0.15) is 4.58 Å². The molecule has 0 aromatic carbocycles. The van der Waals surface area contributed by atoms with E-state index >= 15 is 0 Å². The zero-order chi connectivity index (χ0) is 15.3. The van der Waals surface area contributed by atoms with Crippen molar-refractivity contribution in [2.75, 3.05) is 12.5 Å². The first-order valence-corrected chi connectivity index (χ1v) is 10.8. The van der Waals surface area contributed by atoms with Gasteiger partial charge in [-0.05, 0) is 25.5 Å². The van der Waals surface area contributed by atoms with Gasteiger partial charge in [-0.1, -0.05) is 63.3 Å². The van der Waals surface area contributed by atoms with Gasteiger partial charge in [-0.15, -0.1) is 11.8 Å². The first-order valence-electron chi connectivity index (χ1n) is 7.55. The average Bonchev–Trinajstić information content (AvgIpc) is 2.38. The summed E-state index contributed by atoms with van der Waals surface area (Å²) < 4.78 is 22.5. The molecule has 0 rings (SSSR count). The Labute approximate surface area is 130 Å². The summed E-state index contributed by atoms with van der Waals surface area (Å²) in [6.07, 6.45) is 20.9. The summed E-state index contributed by atoms with van der Waals surface area (Å²) in [5.41, 5.74) is 0. The standard InChI is InChI=1S/C16H30O2S2/c1-4-5-6-7-8-9-10-11-12-13-14-15-16(19-2)20(3,17)18/h11-14,16H,4-10,15H2,1-3H3. The molecule has 0 fully saturated rings. The van der Waals surface area contributed by atoms with Crippen molar-refractivity contribution in [2.45, 2.75) is 62.9 Å². The minimum Gasteiger partial charge on any atom is -0.228 e. The van der Waals surface area contributed by atoms with Crippen LogP contribution < -0.4 is 0 Å². The van der Waals surface area contributed by atoms with Gasteiger partial charge in [-0.2, -0.15) is 0 Å². The predicted molar refractivity (Wildman–Crippen MR) is 93.0 cm³/mol. The molecule has 1 atom stereocenters. The van der Waals surface area contributed by atoms with Gasteiger partial charge in [0, 0.05) is 6.26 Å². The molecule has 0 N–H and O–H groups in total. The molecule has 0 aromatic heterocycles. The maximum Gasteiger partial charge on any atom is 0.159 e. The zero-order valence-electron chi connectivity index (χ0n) is 13.2. The van der Waals surface area contributed by atoms with Gasteiger partial charge in [0.2, 0.25) is 0 Å². The van der Waals surface area contributed by atoms with Crippen molar-refractivity contribution in [1.29, 1.82) is 0 Å². The van der Waals surface area contributed by atoms with Crippen LogP contribution in [0.5, 0.6) is 0 Å². The van der Waals surface area contributed by atoms with E-state index in [2.05, 4.69) is 13.0 Å². The molecule has 0 amide bonds. The minimum atomic E-state index is -2.94. The molecule has 0 aliphatic heterocycles. The Morgan fingerprint density at radius 1 is 1.00 bits per heavy atom. The summed E-state index contributed by atoms with van der Waals surface area (Å²) >= 11 is 1.39. The lowest BCUT2D eigenvalue weighted by molar-refractivity contribution is 0.599. The second kappa shape index (κ2) is 12.5. The zero-order valence-corrected chi connectivity index (χ0v) is 14.8. The van der Waals surface area contributed by atoms with Crippen molar-refractivity contribution < 1.29 is 8.42 Å². The van der Waals surface area contributed by atoms with Crippen LogP contribution in [0.15, 0.2) is 24.3 Å². The van der Waals surface area contributed by atoms with E-state index in [1.807, 2.05) is 24.5 Å². The quantitative estimate of drug-likeness (QED) is 0.376. The molecule has 0 aliphatic rings. The monoisotopic (exact) mass is 318 g/mol. The SMILES string of the molecule is CCCCCCCCC=CC=CCC(SC)S(C)(=O)=O. The molecule has 0 bridgehead atoms. The van der Waals surface area contributed by atoms with E-state index in [0.717, 1.165) is 6.42 Å². The van der Waals surface area contributed by atoms with Crippen LogP contribution in [0.25, 0.3) is 0 Å². The second-order valence-electron chi connectivity index (χ2n) is 5.14. The fourth-order valence-electron chi connectivity index (χ4n) is 1.93. The van der Waals surface area contributed by atoms with E-state index in [1.165, 1.54) is 56.5 Å². The number of sulfone groups is 1. The highest BCUT2D eigenvalue weighted by Crippen LogP contribution is 2.17. The molecule has 0 saturated heterocycles. The van der Waals surface area contributed by atoms with Crippen molar-refractivity contribution in [3.63, 3.8) is 0 Å². The topological polar surface area (TPSA) is 34.1 Å². The van der Waals surface area contributed by atoms with Crippen LogP contribution in [-0.4, -0.2) is 25.5 Å². The van der Waals surface area contributed by atoms with E-state index < -0.39 is 9.84 Å². The third kappa shape index (κ3) is 11.6. The summed E-state index contributed by atoms with van der Waals surface area (Å²) in [7, 11) is -2.94. The molecule has 1 unspecified atom stereocenters. The first kappa shape index (κ1) is 19.8. The molecule has 2 nitrogen and oxygen atoms in total. The molecular weight excluding hydrogens is 288 g/mol. The Morgan fingerprint density at radius 3 is 2.20 bits per heavy atom. The fourth-order valence-corrected chi connectivity index (χ4v) is 4.09. The normalized spacial score (nSPS) is 14.3. The molecule has 0 spiro atoms. The largest absolute Gasteiger partial charge is 0.228 e. The van der Waals surface area contributed by atoms with Crippen LogP contribution in [0, 0.1) is 0 Å². The summed E-state index contributed by atoms with van der Waals surface area (Å²) in [4.78, 5) is 0. The maximum atomic E-state index is 11.4. The van der Waals surface area contributed by atoms with Crippen molar-refractivity contribution >= 4 is 21.6 Å². The van der Waals surface area contributed by atoms with Crippen LogP contribution in [0.1, 0.15) is 58.3 Å². The molecule has 0 radical (unpaired) electrons. The van der Waals surface area contributed by atoms with E-state index in [9.17, 15) is 8.42 Å². The van der Waals surface area contributed by atoms with Gasteiger partial charge in [-0.3, -0.25) is 0 Å². The van der Waals surface area contributed by atoms with Crippen LogP contribution in [-0.2, 0) is 9.84 Å². The Balaban J connectivity index is 3.66. The summed E-state index contributed by atoms with van der Waals surface area (Å²) in [6, 6.07) is 0. The predicted octanol–water partition coefficient (Wildman–Crippen LogP) is 4.97. The number of hydrogen-bond donors (Lipinski definition) is 0. The molecule has 0 aromatic rings. The molecule has 4 heteroatoms. The summed E-state index contributed by atoms with van der Waals surface area (Å²) in [6.45, 7) is 2.24. The molecule has 0 saturated carbocycles. The van der Waals surface area contributed by atoms with E-state index in [-0.39, 0.29) is 4.58 Å². The second-order valence-corrected chi connectivity index (χ2v) is 8.71. The Bertz CT molecular complexity index is 370. The Kier molecular flexibility index (Phi) is 12.4.